The molecule has 2 aromatic carbocycles. The average Bonchev–Trinajstić information content (AvgIpc) is 3.35. The number of carbonyl (C=O) groups is 3. The van der Waals surface area contributed by atoms with Crippen LogP contribution in [0.4, 0.5) is 0 Å². The molecule has 0 bridgehead atoms. The first-order chi connectivity index (χ1) is 11.6. The van der Waals surface area contributed by atoms with Crippen LogP contribution in [0, 0.1) is 0 Å². The minimum Gasteiger partial charge on any atom is -0.345 e. The van der Waals surface area contributed by atoms with E-state index in [0.717, 1.165) is 23.3 Å². The highest BCUT2D eigenvalue weighted by atomic mass is 16.2. The number of hydrogen-bond acceptors (Lipinski definition) is 3. The first-order valence-electron chi connectivity index (χ1n) is 7.92. The standard InChI is InChI=1S/C19H16N2O3/c22-16(20-19(10-11-19)13-6-2-1-3-7-13)12-21-17(23)14-8-4-5-9-15(14)18(21)24/h1-9H,10-12H2,(H,20,22). The van der Waals surface area contributed by atoms with Crippen LogP contribution in [0.3, 0.4) is 0 Å². The zero-order valence-electron chi connectivity index (χ0n) is 13.0. The van der Waals surface area contributed by atoms with Crippen molar-refractivity contribution in [1.82, 2.24) is 10.2 Å². The Morgan fingerprint density at radius 1 is 0.917 bits per heavy atom. The fourth-order valence-electron chi connectivity index (χ4n) is 3.20. The van der Waals surface area contributed by atoms with Gasteiger partial charge in [-0.1, -0.05) is 42.5 Å². The van der Waals surface area contributed by atoms with E-state index in [2.05, 4.69) is 5.32 Å². The number of carbonyl (C=O) groups excluding carboxylic acids is 3. The predicted octanol–water partition coefficient (Wildman–Crippen LogP) is 2.09. The van der Waals surface area contributed by atoms with Gasteiger partial charge in [0.1, 0.15) is 6.54 Å². The molecular formula is C19H16N2O3. The number of nitrogens with one attached hydrogen (secondary N) is 1. The van der Waals surface area contributed by atoms with Crippen LogP contribution >= 0.6 is 0 Å². The number of benzene rings is 2. The van der Waals surface area contributed by atoms with Crippen molar-refractivity contribution in [2.75, 3.05) is 6.54 Å². The third-order valence-electron chi connectivity index (χ3n) is 4.63. The fraction of sp³-hybridized carbons (Fsp3) is 0.211. The zero-order chi connectivity index (χ0) is 16.7. The molecule has 3 amide bonds. The zero-order valence-corrected chi connectivity index (χ0v) is 13.0. The van der Waals surface area contributed by atoms with Crippen LogP contribution in [0.15, 0.2) is 54.6 Å². The van der Waals surface area contributed by atoms with Crippen LogP contribution in [0.2, 0.25) is 0 Å². The topological polar surface area (TPSA) is 66.5 Å². The molecule has 1 fully saturated rings. The molecule has 0 unspecified atom stereocenters. The summed E-state index contributed by atoms with van der Waals surface area (Å²) in [6.07, 6.45) is 1.73. The maximum atomic E-state index is 12.4. The van der Waals surface area contributed by atoms with Crippen molar-refractivity contribution in [3.8, 4) is 0 Å². The number of fused-ring (bicyclic) bond motifs is 1. The van der Waals surface area contributed by atoms with Crippen molar-refractivity contribution >= 4 is 17.7 Å². The Balaban J connectivity index is 1.48. The molecular weight excluding hydrogens is 304 g/mol. The van der Waals surface area contributed by atoms with E-state index in [1.54, 1.807) is 24.3 Å². The normalized spacial score (nSPS) is 17.6. The van der Waals surface area contributed by atoms with Crippen molar-refractivity contribution in [1.29, 1.82) is 0 Å². The summed E-state index contributed by atoms with van der Waals surface area (Å²) in [5.41, 5.74) is 1.43. The molecule has 1 saturated carbocycles. The molecule has 1 heterocycles. The summed E-state index contributed by atoms with van der Waals surface area (Å²) >= 11 is 0. The van der Waals surface area contributed by atoms with Gasteiger partial charge in [-0.3, -0.25) is 19.3 Å². The molecule has 0 spiro atoms. The summed E-state index contributed by atoms with van der Waals surface area (Å²) in [7, 11) is 0. The molecule has 2 aliphatic rings. The van der Waals surface area contributed by atoms with E-state index in [-0.39, 0.29) is 18.0 Å². The van der Waals surface area contributed by atoms with Crippen LogP contribution in [0.5, 0.6) is 0 Å². The molecule has 4 rings (SSSR count). The number of rotatable bonds is 4. The molecule has 2 aromatic rings. The van der Waals surface area contributed by atoms with Crippen molar-refractivity contribution in [3.63, 3.8) is 0 Å². The van der Waals surface area contributed by atoms with Crippen LogP contribution in [-0.4, -0.2) is 29.2 Å². The van der Waals surface area contributed by atoms with Crippen molar-refractivity contribution in [3.05, 3.63) is 71.3 Å². The van der Waals surface area contributed by atoms with Gasteiger partial charge in [0.2, 0.25) is 5.91 Å². The van der Waals surface area contributed by atoms with Crippen molar-refractivity contribution < 1.29 is 14.4 Å². The lowest BCUT2D eigenvalue weighted by Crippen LogP contribution is -2.44. The Kier molecular flexibility index (Phi) is 3.23. The minimum atomic E-state index is -0.407. The van der Waals surface area contributed by atoms with Gasteiger partial charge in [0.05, 0.1) is 16.7 Å². The molecule has 5 heteroatoms. The average molecular weight is 320 g/mol. The molecule has 0 aromatic heterocycles. The predicted molar refractivity (Wildman–Crippen MR) is 87.3 cm³/mol. The summed E-state index contributed by atoms with van der Waals surface area (Å²) in [6, 6.07) is 16.4. The SMILES string of the molecule is O=C(CN1C(=O)c2ccccc2C1=O)NC1(c2ccccc2)CC1. The smallest absolute Gasteiger partial charge is 0.262 e. The molecule has 120 valence electrons. The van der Waals surface area contributed by atoms with Crippen LogP contribution in [0.25, 0.3) is 0 Å². The summed E-state index contributed by atoms with van der Waals surface area (Å²) in [6.45, 7) is -0.249. The van der Waals surface area contributed by atoms with Gasteiger partial charge in [-0.25, -0.2) is 0 Å². The third kappa shape index (κ3) is 2.29. The summed E-state index contributed by atoms with van der Waals surface area (Å²) in [5.74, 6) is -1.13. The molecule has 1 aliphatic heterocycles. The Labute approximate surface area is 139 Å². The molecule has 1 aliphatic carbocycles. The maximum Gasteiger partial charge on any atom is 0.262 e. The number of hydrogen-bond donors (Lipinski definition) is 1. The highest BCUT2D eigenvalue weighted by molar-refractivity contribution is 6.22. The molecule has 5 nitrogen and oxygen atoms in total. The first kappa shape index (κ1) is 14.6. The lowest BCUT2D eigenvalue weighted by molar-refractivity contribution is -0.122. The lowest BCUT2D eigenvalue weighted by Gasteiger charge is -2.20. The van der Waals surface area contributed by atoms with E-state index in [1.807, 2.05) is 30.3 Å². The van der Waals surface area contributed by atoms with Gasteiger partial charge in [-0.15, -0.1) is 0 Å². The Hall–Kier alpha value is -2.95. The molecule has 0 atom stereocenters. The Morgan fingerprint density at radius 2 is 1.46 bits per heavy atom. The van der Waals surface area contributed by atoms with Gasteiger partial charge >= 0.3 is 0 Å². The highest BCUT2D eigenvalue weighted by Crippen LogP contribution is 2.45. The molecule has 1 N–H and O–H groups in total. The van der Waals surface area contributed by atoms with Crippen molar-refractivity contribution in [2.24, 2.45) is 0 Å². The summed E-state index contributed by atoms with van der Waals surface area (Å²) < 4.78 is 0. The minimum absolute atomic E-state index is 0.249. The van der Waals surface area contributed by atoms with Crippen LogP contribution in [0.1, 0.15) is 39.1 Å². The molecule has 0 saturated heterocycles. The molecule has 24 heavy (non-hydrogen) atoms. The van der Waals surface area contributed by atoms with Gasteiger partial charge in [0, 0.05) is 0 Å². The number of amides is 3. The number of imide groups is 1. The molecule has 0 radical (unpaired) electrons. The van der Waals surface area contributed by atoms with E-state index in [9.17, 15) is 14.4 Å². The fourth-order valence-corrected chi connectivity index (χ4v) is 3.20. The van der Waals surface area contributed by atoms with E-state index in [1.165, 1.54) is 0 Å². The third-order valence-corrected chi connectivity index (χ3v) is 4.63. The summed E-state index contributed by atoms with van der Waals surface area (Å²) in [4.78, 5) is 38.1. The van der Waals surface area contributed by atoms with Gasteiger partial charge in [-0.2, -0.15) is 0 Å². The lowest BCUT2D eigenvalue weighted by atomic mass is 10.1. The first-order valence-corrected chi connectivity index (χ1v) is 7.92. The second-order valence-corrected chi connectivity index (χ2v) is 6.24. The second kappa shape index (κ2) is 5.30. The Bertz CT molecular complexity index is 806. The van der Waals surface area contributed by atoms with Crippen LogP contribution in [-0.2, 0) is 10.3 Å². The van der Waals surface area contributed by atoms with E-state index in [0.29, 0.717) is 11.1 Å². The van der Waals surface area contributed by atoms with Gasteiger partial charge < -0.3 is 5.32 Å². The van der Waals surface area contributed by atoms with Crippen LogP contribution < -0.4 is 5.32 Å². The number of nitrogens with zero attached hydrogens (tertiary/aromatic N) is 1. The summed E-state index contributed by atoms with van der Waals surface area (Å²) in [5, 5.41) is 2.99. The monoisotopic (exact) mass is 320 g/mol. The van der Waals surface area contributed by atoms with E-state index >= 15 is 0 Å². The van der Waals surface area contributed by atoms with Crippen molar-refractivity contribution in [2.45, 2.75) is 18.4 Å². The highest BCUT2D eigenvalue weighted by Gasteiger charge is 2.46. The van der Waals surface area contributed by atoms with E-state index < -0.39 is 11.8 Å². The van der Waals surface area contributed by atoms with Gasteiger partial charge in [-0.05, 0) is 30.5 Å². The Morgan fingerprint density at radius 3 is 2.00 bits per heavy atom. The largest absolute Gasteiger partial charge is 0.345 e. The quantitative estimate of drug-likeness (QED) is 0.877. The second-order valence-electron chi connectivity index (χ2n) is 6.24. The van der Waals surface area contributed by atoms with Gasteiger partial charge in [0.25, 0.3) is 11.8 Å². The van der Waals surface area contributed by atoms with E-state index in [4.69, 9.17) is 0 Å². The van der Waals surface area contributed by atoms with Gasteiger partial charge in [0.15, 0.2) is 0 Å². The maximum absolute atomic E-state index is 12.4.